The number of quaternary nitrogens is 1. The van der Waals surface area contributed by atoms with Gasteiger partial charge < -0.3 is 18.9 Å². The van der Waals surface area contributed by atoms with E-state index in [0.29, 0.717) is 24.1 Å². The van der Waals surface area contributed by atoms with Crippen LogP contribution in [0.15, 0.2) is 134 Å². The number of ether oxygens (including phenoxy) is 2. The van der Waals surface area contributed by atoms with Crippen LogP contribution in [0.4, 0.5) is 0 Å². The summed E-state index contributed by atoms with van der Waals surface area (Å²) in [4.78, 5) is 23.0. The third kappa shape index (κ3) is 51.5. The Hall–Kier alpha value is -3.36. The second kappa shape index (κ2) is 47.1. The normalized spacial score (nSPS) is 14.7. The molecular formula is C56H93NO7P+. The van der Waals surface area contributed by atoms with Gasteiger partial charge in [-0.05, 0) is 109 Å². The molecule has 0 heterocycles. The van der Waals surface area contributed by atoms with E-state index in [4.69, 9.17) is 18.5 Å². The molecule has 1 N–H and O–H groups in total. The molecule has 0 aliphatic carbocycles. The van der Waals surface area contributed by atoms with Gasteiger partial charge in [0.25, 0.3) is 0 Å². The molecular weight excluding hydrogens is 830 g/mol. The van der Waals surface area contributed by atoms with Crippen molar-refractivity contribution in [2.24, 2.45) is 0 Å². The van der Waals surface area contributed by atoms with Crippen molar-refractivity contribution in [1.29, 1.82) is 0 Å². The van der Waals surface area contributed by atoms with Crippen molar-refractivity contribution in [1.82, 2.24) is 0 Å². The lowest BCUT2D eigenvalue weighted by Gasteiger charge is -2.24. The van der Waals surface area contributed by atoms with Crippen molar-refractivity contribution in [2.75, 3.05) is 54.1 Å². The molecule has 2 atom stereocenters. The van der Waals surface area contributed by atoms with E-state index in [9.17, 15) is 14.3 Å². The van der Waals surface area contributed by atoms with Gasteiger partial charge in [-0.25, -0.2) is 4.57 Å². The highest BCUT2D eigenvalue weighted by Crippen LogP contribution is 2.43. The number of allylic oxidation sites excluding steroid dienone is 22. The van der Waals surface area contributed by atoms with Crippen LogP contribution in [0.2, 0.25) is 0 Å². The standard InChI is InChI=1S/C56H92NO7P/c1-6-8-10-12-14-16-18-20-22-24-26-27-28-29-30-31-32-33-35-37-39-41-43-45-47-49-56(58)64-55(54-63-65(59,60)62-52-50-57(3,4)5)53-61-51-48-46-44-42-40-38-36-34-25-23-21-19-17-15-13-11-9-7-2/h8-11,14-17,20-23,26-27,29-30,32-34,36-37,39,55H,6-7,12-13,18-19,24-25,28,31,35,38,40-54H2,1-5H3/p+1/b10-8-,11-9-,16-14-,17-15-,22-20-,23-21-,27-26-,30-29-,33-32-,36-34-,39-37-. The molecule has 0 saturated carbocycles. The van der Waals surface area contributed by atoms with Crippen molar-refractivity contribution >= 4 is 13.8 Å². The predicted octanol–water partition coefficient (Wildman–Crippen LogP) is 15.5. The summed E-state index contributed by atoms with van der Waals surface area (Å²) < 4.78 is 35.1. The highest BCUT2D eigenvalue weighted by atomic mass is 31.2. The first-order valence-corrected chi connectivity index (χ1v) is 26.4. The van der Waals surface area contributed by atoms with Gasteiger partial charge in [-0.3, -0.25) is 13.8 Å². The summed E-state index contributed by atoms with van der Waals surface area (Å²) in [6, 6.07) is 0. The largest absolute Gasteiger partial charge is 0.472 e. The van der Waals surface area contributed by atoms with Crippen LogP contribution >= 0.6 is 7.82 Å². The zero-order chi connectivity index (χ0) is 47.6. The zero-order valence-electron chi connectivity index (χ0n) is 41.7. The maximum atomic E-state index is 12.8. The van der Waals surface area contributed by atoms with Gasteiger partial charge in [-0.2, -0.15) is 0 Å². The van der Waals surface area contributed by atoms with Crippen LogP contribution in [0.1, 0.15) is 155 Å². The number of unbranched alkanes of at least 4 members (excludes halogenated alkanes) is 8. The fourth-order valence-corrected chi connectivity index (χ4v) is 6.68. The molecule has 8 nitrogen and oxygen atoms in total. The molecule has 0 aromatic heterocycles. The topological polar surface area (TPSA) is 91.3 Å². The number of hydrogen-bond donors (Lipinski definition) is 1. The number of carbonyl (C=O) groups is 1. The van der Waals surface area contributed by atoms with E-state index < -0.39 is 13.9 Å². The van der Waals surface area contributed by atoms with Crippen LogP contribution in [-0.2, 0) is 27.9 Å². The Bertz CT molecular complexity index is 1490. The highest BCUT2D eigenvalue weighted by molar-refractivity contribution is 7.47. The van der Waals surface area contributed by atoms with Crippen molar-refractivity contribution in [3.8, 4) is 0 Å². The number of phosphoric ester groups is 1. The molecule has 0 rings (SSSR count). The number of phosphoric acid groups is 1. The van der Waals surface area contributed by atoms with Crippen LogP contribution in [0.25, 0.3) is 0 Å². The number of esters is 1. The van der Waals surface area contributed by atoms with E-state index in [-0.39, 0.29) is 32.2 Å². The number of nitrogens with zero attached hydrogens (tertiary/aromatic N) is 1. The van der Waals surface area contributed by atoms with Crippen molar-refractivity contribution in [3.05, 3.63) is 134 Å². The third-order valence-corrected chi connectivity index (χ3v) is 10.7. The van der Waals surface area contributed by atoms with Crippen LogP contribution in [0.5, 0.6) is 0 Å². The Balaban J connectivity index is 4.32. The molecule has 9 heteroatoms. The van der Waals surface area contributed by atoms with Crippen molar-refractivity contribution in [3.63, 3.8) is 0 Å². The maximum absolute atomic E-state index is 12.8. The van der Waals surface area contributed by atoms with E-state index in [0.717, 1.165) is 116 Å². The fourth-order valence-electron chi connectivity index (χ4n) is 5.93. The molecule has 368 valence electrons. The predicted molar refractivity (Wildman–Crippen MR) is 279 cm³/mol. The lowest BCUT2D eigenvalue weighted by molar-refractivity contribution is -0.870. The van der Waals surface area contributed by atoms with Gasteiger partial charge in [0.1, 0.15) is 19.3 Å². The molecule has 65 heavy (non-hydrogen) atoms. The third-order valence-electron chi connectivity index (χ3n) is 9.71. The Morgan fingerprint density at radius 2 is 0.846 bits per heavy atom. The Labute approximate surface area is 398 Å². The first-order valence-electron chi connectivity index (χ1n) is 24.9. The summed E-state index contributed by atoms with van der Waals surface area (Å²) >= 11 is 0. The van der Waals surface area contributed by atoms with E-state index in [1.54, 1.807) is 0 Å². The van der Waals surface area contributed by atoms with Gasteiger partial charge >= 0.3 is 13.8 Å². The molecule has 0 aromatic carbocycles. The van der Waals surface area contributed by atoms with Crippen LogP contribution in [0, 0.1) is 0 Å². The molecule has 0 aromatic rings. The second-order valence-electron chi connectivity index (χ2n) is 17.1. The number of carbonyl (C=O) groups excluding carboxylic acids is 1. The van der Waals surface area contributed by atoms with Gasteiger partial charge in [0.2, 0.25) is 0 Å². The summed E-state index contributed by atoms with van der Waals surface area (Å²) in [5.41, 5.74) is 0. The Morgan fingerprint density at radius 1 is 0.477 bits per heavy atom. The smallest absolute Gasteiger partial charge is 0.457 e. The molecule has 0 aliphatic rings. The summed E-state index contributed by atoms with van der Waals surface area (Å²) in [5, 5.41) is 0. The quantitative estimate of drug-likeness (QED) is 0.0214. The second-order valence-corrected chi connectivity index (χ2v) is 18.5. The molecule has 0 amide bonds. The minimum absolute atomic E-state index is 0.0688. The molecule has 0 radical (unpaired) electrons. The zero-order valence-corrected chi connectivity index (χ0v) is 42.6. The number of rotatable bonds is 44. The van der Waals surface area contributed by atoms with E-state index in [2.05, 4.69) is 148 Å². The summed E-state index contributed by atoms with van der Waals surface area (Å²) in [5.74, 6) is -0.359. The van der Waals surface area contributed by atoms with Gasteiger partial charge in [0, 0.05) is 13.0 Å². The SMILES string of the molecule is CC/C=C\C/C=C\C/C=C\C/C=C\C/C=C\C/C=C\C/C=C\CCCCCC(=O)OC(COCCCCCCC/C=C\C/C=C\C/C=C\C/C=C\CC)COP(=O)(O)OCC[N+](C)(C)C. The van der Waals surface area contributed by atoms with E-state index in [1.807, 2.05) is 21.1 Å². The first-order chi connectivity index (χ1) is 31.6. The number of hydrogen-bond acceptors (Lipinski definition) is 6. The van der Waals surface area contributed by atoms with Gasteiger partial charge in [-0.1, -0.05) is 173 Å². The summed E-state index contributed by atoms with van der Waals surface area (Å²) in [6.07, 6.45) is 69.3. The van der Waals surface area contributed by atoms with Gasteiger partial charge in [0.15, 0.2) is 0 Å². The molecule has 0 aliphatic heterocycles. The molecule has 0 fully saturated rings. The Morgan fingerprint density at radius 3 is 1.26 bits per heavy atom. The number of likely N-dealkylation sites (N-methyl/N-ethyl adjacent to an activating group) is 1. The van der Waals surface area contributed by atoms with Crippen molar-refractivity contribution < 1.29 is 37.3 Å². The van der Waals surface area contributed by atoms with E-state index >= 15 is 0 Å². The molecule has 0 spiro atoms. The minimum atomic E-state index is -4.31. The molecule has 2 unspecified atom stereocenters. The van der Waals surface area contributed by atoms with E-state index in [1.165, 1.54) is 12.8 Å². The van der Waals surface area contributed by atoms with Crippen molar-refractivity contribution in [2.45, 2.75) is 161 Å². The molecule has 0 bridgehead atoms. The highest BCUT2D eigenvalue weighted by Gasteiger charge is 2.26. The Kier molecular flexibility index (Phi) is 44.7. The van der Waals surface area contributed by atoms with Crippen LogP contribution in [0.3, 0.4) is 0 Å². The average molecular weight is 923 g/mol. The van der Waals surface area contributed by atoms with Crippen LogP contribution in [-0.4, -0.2) is 75.6 Å². The van der Waals surface area contributed by atoms with Crippen LogP contribution < -0.4 is 0 Å². The first kappa shape index (κ1) is 61.6. The van der Waals surface area contributed by atoms with Gasteiger partial charge in [0.05, 0.1) is 34.4 Å². The maximum Gasteiger partial charge on any atom is 0.472 e. The summed E-state index contributed by atoms with van der Waals surface area (Å²) in [7, 11) is 1.60. The lowest BCUT2D eigenvalue weighted by Crippen LogP contribution is -2.37. The fraction of sp³-hybridized carbons (Fsp3) is 0.589. The average Bonchev–Trinajstić information content (AvgIpc) is 3.27. The molecule has 0 saturated heterocycles. The minimum Gasteiger partial charge on any atom is -0.457 e. The monoisotopic (exact) mass is 923 g/mol. The van der Waals surface area contributed by atoms with Gasteiger partial charge in [-0.15, -0.1) is 0 Å². The summed E-state index contributed by atoms with van der Waals surface area (Å²) in [6.45, 7) is 5.26. The lowest BCUT2D eigenvalue weighted by atomic mass is 10.1.